The zero-order chi connectivity index (χ0) is 30.6. The highest BCUT2D eigenvalue weighted by Crippen LogP contribution is 2.47. The third-order valence-electron chi connectivity index (χ3n) is 10.1. The smallest absolute Gasteiger partial charge is 0.259 e. The van der Waals surface area contributed by atoms with E-state index in [-0.39, 0.29) is 5.91 Å². The highest BCUT2D eigenvalue weighted by atomic mass is 16.2. The first-order valence-corrected chi connectivity index (χ1v) is 16.1. The van der Waals surface area contributed by atoms with Crippen LogP contribution in [0.5, 0.6) is 0 Å². The quantitative estimate of drug-likeness (QED) is 0.163. The number of carbonyl (C=O) groups excluding carboxylic acids is 1. The van der Waals surface area contributed by atoms with Crippen molar-refractivity contribution in [2.75, 3.05) is 4.90 Å². The summed E-state index contributed by atoms with van der Waals surface area (Å²) in [5, 5.41) is 10.9. The van der Waals surface area contributed by atoms with Crippen molar-refractivity contribution in [1.82, 2.24) is 4.98 Å². The standard InChI is InChI=1S/C42H34N2O/c1-23(2)27-10-7-11-28(24(3)4)41(27)44-22-26-15-16-33-31-13-8-12-30-29(37-21-25-9-5-6-14-36(25)43-37)17-18-32(39(30)31)34-19-20-35(42(44)45)38(26)40(33)34/h5-21,23-24,43H,22H2,1-4H3. The summed E-state index contributed by atoms with van der Waals surface area (Å²) in [6, 6.07) is 37.3. The van der Waals surface area contributed by atoms with E-state index in [0.717, 1.165) is 27.8 Å². The molecule has 9 rings (SSSR count). The van der Waals surface area contributed by atoms with E-state index in [4.69, 9.17) is 0 Å². The van der Waals surface area contributed by atoms with Gasteiger partial charge in [-0.1, -0.05) is 113 Å². The lowest BCUT2D eigenvalue weighted by Crippen LogP contribution is -2.35. The Morgan fingerprint density at radius 2 is 1.22 bits per heavy atom. The Labute approximate surface area is 262 Å². The molecule has 0 radical (unpaired) electrons. The van der Waals surface area contributed by atoms with E-state index in [1.165, 1.54) is 65.3 Å². The van der Waals surface area contributed by atoms with Crippen LogP contribution in [0.25, 0.3) is 65.3 Å². The molecule has 0 bridgehead atoms. The van der Waals surface area contributed by atoms with Crippen LogP contribution >= 0.6 is 0 Å². The molecule has 2 heterocycles. The van der Waals surface area contributed by atoms with Crippen LogP contribution in [-0.2, 0) is 6.54 Å². The normalized spacial score (nSPS) is 13.6. The summed E-state index contributed by atoms with van der Waals surface area (Å²) in [4.78, 5) is 20.2. The van der Waals surface area contributed by atoms with E-state index in [1.807, 2.05) is 4.90 Å². The summed E-state index contributed by atoms with van der Waals surface area (Å²) in [5.41, 5.74) is 9.05. The summed E-state index contributed by atoms with van der Waals surface area (Å²) in [5.74, 6) is 0.725. The molecule has 3 heteroatoms. The van der Waals surface area contributed by atoms with Crippen LogP contribution in [0.15, 0.2) is 103 Å². The maximum absolute atomic E-state index is 14.5. The fraction of sp³-hybridized carbons (Fsp3) is 0.167. The third-order valence-corrected chi connectivity index (χ3v) is 10.1. The number of anilines is 1. The largest absolute Gasteiger partial charge is 0.355 e. The number of rotatable bonds is 4. The van der Waals surface area contributed by atoms with Crippen molar-refractivity contribution in [2.45, 2.75) is 46.1 Å². The van der Waals surface area contributed by atoms with E-state index in [2.05, 4.69) is 136 Å². The Balaban J connectivity index is 1.29. The molecule has 0 spiro atoms. The van der Waals surface area contributed by atoms with Crippen molar-refractivity contribution >= 4 is 65.6 Å². The topological polar surface area (TPSA) is 36.1 Å². The Kier molecular flexibility index (Phi) is 5.50. The van der Waals surface area contributed by atoms with Gasteiger partial charge in [-0.05, 0) is 84.4 Å². The van der Waals surface area contributed by atoms with Gasteiger partial charge in [-0.25, -0.2) is 0 Å². The molecule has 3 nitrogen and oxygen atoms in total. The van der Waals surface area contributed by atoms with Crippen LogP contribution in [0.1, 0.15) is 66.6 Å². The molecule has 0 saturated heterocycles. The molecular weight excluding hydrogens is 548 g/mol. The number of amides is 1. The van der Waals surface area contributed by atoms with Crippen molar-refractivity contribution in [3.8, 4) is 11.3 Å². The summed E-state index contributed by atoms with van der Waals surface area (Å²) < 4.78 is 0. The molecule has 1 amide bonds. The average molecular weight is 583 g/mol. The Morgan fingerprint density at radius 1 is 0.600 bits per heavy atom. The molecule has 0 aliphatic carbocycles. The van der Waals surface area contributed by atoms with Gasteiger partial charge >= 0.3 is 0 Å². The van der Waals surface area contributed by atoms with Gasteiger partial charge in [-0.3, -0.25) is 4.79 Å². The molecule has 0 saturated carbocycles. The van der Waals surface area contributed by atoms with Crippen molar-refractivity contribution in [3.63, 3.8) is 0 Å². The van der Waals surface area contributed by atoms with Crippen LogP contribution in [0, 0.1) is 0 Å². The second kappa shape index (κ2) is 9.42. The number of aromatic nitrogens is 1. The van der Waals surface area contributed by atoms with Gasteiger partial charge in [-0.2, -0.15) is 0 Å². The second-order valence-electron chi connectivity index (χ2n) is 13.3. The predicted octanol–water partition coefficient (Wildman–Crippen LogP) is 11.3. The first-order valence-electron chi connectivity index (χ1n) is 16.1. The fourth-order valence-electron chi connectivity index (χ4n) is 8.03. The molecule has 8 aromatic rings. The number of hydrogen-bond donors (Lipinski definition) is 1. The van der Waals surface area contributed by atoms with Gasteiger partial charge in [-0.15, -0.1) is 0 Å². The van der Waals surface area contributed by atoms with Crippen molar-refractivity contribution in [2.24, 2.45) is 0 Å². The average Bonchev–Trinajstić information content (AvgIpc) is 3.49. The number of H-pyrrole nitrogens is 1. The second-order valence-corrected chi connectivity index (χ2v) is 13.3. The molecule has 1 aliphatic rings. The molecule has 0 fully saturated rings. The van der Waals surface area contributed by atoms with Gasteiger partial charge in [0.25, 0.3) is 5.91 Å². The summed E-state index contributed by atoms with van der Waals surface area (Å²) in [6.07, 6.45) is 0. The molecule has 218 valence electrons. The number of carbonyl (C=O) groups is 1. The number of aromatic amines is 1. The van der Waals surface area contributed by atoms with E-state index in [9.17, 15) is 4.79 Å². The molecule has 1 N–H and O–H groups in total. The summed E-state index contributed by atoms with van der Waals surface area (Å²) in [7, 11) is 0. The van der Waals surface area contributed by atoms with Gasteiger partial charge in [0.15, 0.2) is 0 Å². The summed E-state index contributed by atoms with van der Waals surface area (Å²) in [6.45, 7) is 9.46. The molecule has 7 aromatic carbocycles. The van der Waals surface area contributed by atoms with Gasteiger partial charge in [0, 0.05) is 33.1 Å². The Hall–Kier alpha value is -5.15. The molecule has 0 unspecified atom stereocenters. The Bertz CT molecular complexity index is 2420. The van der Waals surface area contributed by atoms with E-state index in [0.29, 0.717) is 18.4 Å². The number of nitrogens with one attached hydrogen (secondary N) is 1. The molecule has 0 atom stereocenters. The molecular formula is C42H34N2O. The number of para-hydroxylation sites is 2. The zero-order valence-corrected chi connectivity index (χ0v) is 26.0. The Morgan fingerprint density at radius 3 is 1.96 bits per heavy atom. The highest BCUT2D eigenvalue weighted by Gasteiger charge is 2.32. The zero-order valence-electron chi connectivity index (χ0n) is 26.0. The first kappa shape index (κ1) is 26.3. The number of hydrogen-bond acceptors (Lipinski definition) is 1. The minimum atomic E-state index is 0.0966. The van der Waals surface area contributed by atoms with E-state index < -0.39 is 0 Å². The van der Waals surface area contributed by atoms with Crippen LogP contribution in [0.4, 0.5) is 5.69 Å². The SMILES string of the molecule is CC(C)c1cccc(C(C)C)c1N1Cc2ccc3c4cccc5c(-c6cc7ccccc7[nH]6)ccc(c6ccc(c2c36)C1=O)c54. The lowest BCUT2D eigenvalue weighted by Gasteiger charge is -2.34. The van der Waals surface area contributed by atoms with Crippen LogP contribution < -0.4 is 4.90 Å². The van der Waals surface area contributed by atoms with Gasteiger partial charge in [0.2, 0.25) is 0 Å². The maximum atomic E-state index is 14.5. The molecule has 45 heavy (non-hydrogen) atoms. The number of benzene rings is 7. The van der Waals surface area contributed by atoms with Gasteiger partial charge < -0.3 is 9.88 Å². The fourth-order valence-corrected chi connectivity index (χ4v) is 8.03. The lowest BCUT2D eigenvalue weighted by atomic mass is 9.83. The summed E-state index contributed by atoms with van der Waals surface area (Å²) >= 11 is 0. The van der Waals surface area contributed by atoms with Crippen molar-refractivity contribution < 1.29 is 4.79 Å². The minimum Gasteiger partial charge on any atom is -0.355 e. The minimum absolute atomic E-state index is 0.0966. The lowest BCUT2D eigenvalue weighted by molar-refractivity contribution is 0.0983. The van der Waals surface area contributed by atoms with Crippen LogP contribution in [0.2, 0.25) is 0 Å². The first-order chi connectivity index (χ1) is 21.9. The number of nitrogens with zero attached hydrogens (tertiary/aromatic N) is 1. The highest BCUT2D eigenvalue weighted by molar-refractivity contribution is 6.36. The van der Waals surface area contributed by atoms with Crippen molar-refractivity contribution in [1.29, 1.82) is 0 Å². The van der Waals surface area contributed by atoms with E-state index >= 15 is 0 Å². The van der Waals surface area contributed by atoms with E-state index in [1.54, 1.807) is 0 Å². The van der Waals surface area contributed by atoms with Crippen molar-refractivity contribution in [3.05, 3.63) is 125 Å². The monoisotopic (exact) mass is 582 g/mol. The predicted molar refractivity (Wildman–Crippen MR) is 190 cm³/mol. The maximum Gasteiger partial charge on any atom is 0.259 e. The third kappa shape index (κ3) is 3.61. The molecule has 1 aromatic heterocycles. The molecule has 1 aliphatic heterocycles. The van der Waals surface area contributed by atoms with Gasteiger partial charge in [0.05, 0.1) is 12.2 Å². The van der Waals surface area contributed by atoms with Crippen LogP contribution in [0.3, 0.4) is 0 Å². The number of fused-ring (bicyclic) bond motifs is 3. The van der Waals surface area contributed by atoms with Gasteiger partial charge in [0.1, 0.15) is 0 Å². The van der Waals surface area contributed by atoms with Crippen LogP contribution in [-0.4, -0.2) is 10.9 Å².